The predicted octanol–water partition coefficient (Wildman–Crippen LogP) is 4.46. The van der Waals surface area contributed by atoms with Crippen molar-refractivity contribution >= 4 is 11.9 Å². The second kappa shape index (κ2) is 9.77. The maximum Gasteiger partial charge on any atom is 0.339 e. The molecule has 3 aromatic rings. The van der Waals surface area contributed by atoms with Crippen molar-refractivity contribution in [3.05, 3.63) is 82.9 Å². The van der Waals surface area contributed by atoms with Gasteiger partial charge in [0.15, 0.2) is 11.6 Å². The lowest BCUT2D eigenvalue weighted by Gasteiger charge is -2.25. The molecular weight excluding hydrogens is 409 g/mol. The van der Waals surface area contributed by atoms with Crippen LogP contribution >= 0.6 is 0 Å². The Morgan fingerprint density at radius 3 is 2.75 bits per heavy atom. The normalized spacial score (nSPS) is 15.7. The average molecular weight is 435 g/mol. The SMILES string of the molecule is Cc1ccccc1CCc1nc(N2CCC[C@@H]2COc2ccccc2F)ncc1C(=O)O. The van der Waals surface area contributed by atoms with Crippen molar-refractivity contribution in [1.29, 1.82) is 0 Å². The van der Waals surface area contributed by atoms with Crippen molar-refractivity contribution < 1.29 is 19.0 Å². The first-order valence-electron chi connectivity index (χ1n) is 10.8. The zero-order chi connectivity index (χ0) is 22.5. The Bertz CT molecular complexity index is 1110. The van der Waals surface area contributed by atoms with E-state index in [4.69, 9.17) is 4.74 Å². The highest BCUT2D eigenvalue weighted by atomic mass is 19.1. The van der Waals surface area contributed by atoms with Gasteiger partial charge in [0.25, 0.3) is 0 Å². The second-order valence-corrected chi connectivity index (χ2v) is 7.99. The highest BCUT2D eigenvalue weighted by Crippen LogP contribution is 2.25. The largest absolute Gasteiger partial charge is 0.488 e. The van der Waals surface area contributed by atoms with E-state index >= 15 is 0 Å². The van der Waals surface area contributed by atoms with Crippen LogP contribution in [0.25, 0.3) is 0 Å². The third-order valence-corrected chi connectivity index (χ3v) is 5.88. The molecular formula is C25H26FN3O3. The Labute approximate surface area is 186 Å². The molecule has 32 heavy (non-hydrogen) atoms. The molecule has 0 spiro atoms. The number of carbonyl (C=O) groups is 1. The molecule has 1 aliphatic rings. The topological polar surface area (TPSA) is 75.5 Å². The van der Waals surface area contributed by atoms with Gasteiger partial charge in [-0.2, -0.15) is 0 Å². The van der Waals surface area contributed by atoms with Crippen molar-refractivity contribution in [2.75, 3.05) is 18.1 Å². The number of halogens is 1. The maximum absolute atomic E-state index is 13.9. The van der Waals surface area contributed by atoms with Crippen molar-refractivity contribution in [3.8, 4) is 5.75 Å². The van der Waals surface area contributed by atoms with Crippen LogP contribution < -0.4 is 9.64 Å². The fourth-order valence-electron chi connectivity index (χ4n) is 4.08. The minimum Gasteiger partial charge on any atom is -0.488 e. The molecule has 1 atom stereocenters. The van der Waals surface area contributed by atoms with Gasteiger partial charge in [-0.15, -0.1) is 0 Å². The van der Waals surface area contributed by atoms with Crippen molar-refractivity contribution in [1.82, 2.24) is 9.97 Å². The molecule has 0 saturated carbocycles. The first kappa shape index (κ1) is 21.7. The Hall–Kier alpha value is -3.48. The molecule has 1 fully saturated rings. The van der Waals surface area contributed by atoms with E-state index in [1.807, 2.05) is 30.0 Å². The van der Waals surface area contributed by atoms with Gasteiger partial charge in [0.2, 0.25) is 5.95 Å². The van der Waals surface area contributed by atoms with Gasteiger partial charge in [0.1, 0.15) is 6.61 Å². The fraction of sp³-hybridized carbons (Fsp3) is 0.320. The molecule has 2 aromatic carbocycles. The average Bonchev–Trinajstić information content (AvgIpc) is 3.26. The third-order valence-electron chi connectivity index (χ3n) is 5.88. The van der Waals surface area contributed by atoms with Crippen LogP contribution in [-0.4, -0.2) is 40.2 Å². The van der Waals surface area contributed by atoms with E-state index in [-0.39, 0.29) is 17.4 Å². The number of hydrogen-bond donors (Lipinski definition) is 1. The number of aromatic nitrogens is 2. The first-order chi connectivity index (χ1) is 15.5. The van der Waals surface area contributed by atoms with Crippen LogP contribution in [0.5, 0.6) is 5.75 Å². The van der Waals surface area contributed by atoms with Gasteiger partial charge in [-0.05, 0) is 55.9 Å². The summed E-state index contributed by atoms with van der Waals surface area (Å²) in [7, 11) is 0. The van der Waals surface area contributed by atoms with Gasteiger partial charge < -0.3 is 14.7 Å². The number of carboxylic acids is 1. The number of ether oxygens (including phenoxy) is 1. The molecule has 2 heterocycles. The predicted molar refractivity (Wildman–Crippen MR) is 120 cm³/mol. The molecule has 0 bridgehead atoms. The lowest BCUT2D eigenvalue weighted by Crippen LogP contribution is -2.35. The van der Waals surface area contributed by atoms with Crippen LogP contribution in [0.3, 0.4) is 0 Å². The van der Waals surface area contributed by atoms with E-state index in [9.17, 15) is 14.3 Å². The molecule has 1 aliphatic heterocycles. The Kier molecular flexibility index (Phi) is 6.63. The third kappa shape index (κ3) is 4.88. The number of aromatic carboxylic acids is 1. The van der Waals surface area contributed by atoms with Gasteiger partial charge in [-0.25, -0.2) is 19.2 Å². The summed E-state index contributed by atoms with van der Waals surface area (Å²) < 4.78 is 19.6. The number of hydrogen-bond acceptors (Lipinski definition) is 5. The van der Waals surface area contributed by atoms with E-state index in [1.165, 1.54) is 23.4 Å². The molecule has 0 amide bonds. The van der Waals surface area contributed by atoms with Crippen LogP contribution in [0.1, 0.15) is 40.0 Å². The minimum atomic E-state index is -1.03. The molecule has 1 aromatic heterocycles. The lowest BCUT2D eigenvalue weighted by molar-refractivity contribution is 0.0694. The summed E-state index contributed by atoms with van der Waals surface area (Å²) in [5, 5.41) is 9.61. The minimum absolute atomic E-state index is 0.00509. The summed E-state index contributed by atoms with van der Waals surface area (Å²) in [6.45, 7) is 3.10. The number of aryl methyl sites for hydroxylation is 3. The first-order valence-corrected chi connectivity index (χ1v) is 10.8. The van der Waals surface area contributed by atoms with Gasteiger partial charge in [0, 0.05) is 12.7 Å². The van der Waals surface area contributed by atoms with Crippen molar-refractivity contribution in [2.24, 2.45) is 0 Å². The van der Waals surface area contributed by atoms with E-state index in [0.29, 0.717) is 31.1 Å². The summed E-state index contributed by atoms with van der Waals surface area (Å²) >= 11 is 0. The maximum atomic E-state index is 13.9. The Morgan fingerprint density at radius 2 is 1.97 bits per heavy atom. The monoisotopic (exact) mass is 435 g/mol. The Morgan fingerprint density at radius 1 is 1.19 bits per heavy atom. The van der Waals surface area contributed by atoms with Gasteiger partial charge in [0.05, 0.1) is 17.3 Å². The zero-order valence-corrected chi connectivity index (χ0v) is 18.0. The molecule has 4 rings (SSSR count). The number of benzene rings is 2. The van der Waals surface area contributed by atoms with Gasteiger partial charge in [-0.1, -0.05) is 36.4 Å². The van der Waals surface area contributed by atoms with E-state index < -0.39 is 11.8 Å². The molecule has 1 N–H and O–H groups in total. The summed E-state index contributed by atoms with van der Waals surface area (Å²) in [4.78, 5) is 22.8. The summed E-state index contributed by atoms with van der Waals surface area (Å²) in [5.41, 5.74) is 2.98. The van der Waals surface area contributed by atoms with Crippen molar-refractivity contribution in [3.63, 3.8) is 0 Å². The molecule has 166 valence electrons. The van der Waals surface area contributed by atoms with Gasteiger partial charge >= 0.3 is 5.97 Å². The second-order valence-electron chi connectivity index (χ2n) is 7.99. The number of anilines is 1. The standard InChI is InChI=1S/C25H26FN3O3/c1-17-7-2-3-8-18(17)12-13-22-20(24(30)31)15-27-25(28-22)29-14-6-9-19(29)16-32-23-11-5-4-10-21(23)26/h2-5,7-8,10-11,15,19H,6,9,12-14,16H2,1H3,(H,30,31)/t19-/m1/s1. The summed E-state index contributed by atoms with van der Waals surface area (Å²) in [6.07, 6.45) is 4.41. The van der Waals surface area contributed by atoms with E-state index in [2.05, 4.69) is 16.0 Å². The number of para-hydroxylation sites is 1. The smallest absolute Gasteiger partial charge is 0.339 e. The zero-order valence-electron chi connectivity index (χ0n) is 18.0. The van der Waals surface area contributed by atoms with E-state index in [0.717, 1.165) is 19.4 Å². The molecule has 7 heteroatoms. The molecule has 1 saturated heterocycles. The van der Waals surface area contributed by atoms with Crippen LogP contribution in [-0.2, 0) is 12.8 Å². The van der Waals surface area contributed by atoms with Crippen molar-refractivity contribution in [2.45, 2.75) is 38.6 Å². The molecule has 0 unspecified atom stereocenters. The van der Waals surface area contributed by atoms with Crippen LogP contribution in [0, 0.1) is 12.7 Å². The van der Waals surface area contributed by atoms with Crippen LogP contribution in [0.2, 0.25) is 0 Å². The van der Waals surface area contributed by atoms with E-state index in [1.54, 1.807) is 18.2 Å². The highest BCUT2D eigenvalue weighted by Gasteiger charge is 2.28. The van der Waals surface area contributed by atoms with Gasteiger partial charge in [-0.3, -0.25) is 0 Å². The molecule has 0 aliphatic carbocycles. The number of carboxylic acid groups (broad SMARTS) is 1. The number of nitrogens with zero attached hydrogens (tertiary/aromatic N) is 3. The number of rotatable bonds is 8. The van der Waals surface area contributed by atoms with Crippen LogP contribution in [0.15, 0.2) is 54.7 Å². The lowest BCUT2D eigenvalue weighted by atomic mass is 10.0. The Balaban J connectivity index is 1.52. The molecule has 6 nitrogen and oxygen atoms in total. The summed E-state index contributed by atoms with van der Waals surface area (Å²) in [5.74, 6) is -0.704. The summed E-state index contributed by atoms with van der Waals surface area (Å²) in [6, 6.07) is 14.4. The van der Waals surface area contributed by atoms with Crippen LogP contribution in [0.4, 0.5) is 10.3 Å². The molecule has 0 radical (unpaired) electrons. The quantitative estimate of drug-likeness (QED) is 0.563. The highest BCUT2D eigenvalue weighted by molar-refractivity contribution is 5.88. The fourth-order valence-corrected chi connectivity index (χ4v) is 4.08.